The molecule has 0 unspecified atom stereocenters. The van der Waals surface area contributed by atoms with E-state index in [-0.39, 0.29) is 10.6 Å². The molecule has 3 N–H and O–H groups in total. The highest BCUT2D eigenvalue weighted by Crippen LogP contribution is 2.24. The zero-order valence-electron chi connectivity index (χ0n) is 10.5. The third kappa shape index (κ3) is 2.99. The fraction of sp³-hybridized carbons (Fsp3) is 0.364. The van der Waals surface area contributed by atoms with Crippen molar-refractivity contribution in [3.63, 3.8) is 0 Å². The number of aryl methyl sites for hydroxylation is 1. The molecule has 0 aliphatic carbocycles. The quantitative estimate of drug-likeness (QED) is 0.608. The van der Waals surface area contributed by atoms with Gasteiger partial charge in [0.25, 0.3) is 0 Å². The Labute approximate surface area is 106 Å². The van der Waals surface area contributed by atoms with Gasteiger partial charge in [-0.15, -0.1) is 0 Å². The molecule has 0 aromatic heterocycles. The summed E-state index contributed by atoms with van der Waals surface area (Å²) >= 11 is 0. The topological polar surface area (TPSA) is 98.5 Å². The number of sulfonamides is 1. The Balaban J connectivity index is 3.13. The normalized spacial score (nSPS) is 11.3. The van der Waals surface area contributed by atoms with E-state index in [1.807, 2.05) is 0 Å². The molecule has 0 heterocycles. The summed E-state index contributed by atoms with van der Waals surface area (Å²) in [5.41, 5.74) is 7.20. The average Bonchev–Trinajstić information content (AvgIpc) is 2.31. The van der Waals surface area contributed by atoms with Crippen LogP contribution in [0.1, 0.15) is 11.1 Å². The van der Waals surface area contributed by atoms with Gasteiger partial charge in [-0.3, -0.25) is 4.79 Å². The Hall–Kier alpha value is -1.60. The second-order valence-electron chi connectivity index (χ2n) is 3.83. The van der Waals surface area contributed by atoms with Gasteiger partial charge in [-0.2, -0.15) is 4.72 Å². The van der Waals surface area contributed by atoms with E-state index in [4.69, 9.17) is 5.73 Å². The lowest BCUT2D eigenvalue weighted by molar-refractivity contribution is -0.139. The summed E-state index contributed by atoms with van der Waals surface area (Å²) in [6.45, 7) is 3.03. The van der Waals surface area contributed by atoms with Crippen LogP contribution < -0.4 is 10.5 Å². The predicted octanol–water partition coefficient (Wildman–Crippen LogP) is 0.337. The largest absolute Gasteiger partial charge is 0.468 e. The zero-order chi connectivity index (χ0) is 13.9. The van der Waals surface area contributed by atoms with E-state index in [9.17, 15) is 13.2 Å². The van der Waals surface area contributed by atoms with Gasteiger partial charge in [0.15, 0.2) is 0 Å². The van der Waals surface area contributed by atoms with Crippen LogP contribution in [0.25, 0.3) is 0 Å². The van der Waals surface area contributed by atoms with Crippen LogP contribution in [0.15, 0.2) is 17.0 Å². The molecule has 1 aromatic rings. The summed E-state index contributed by atoms with van der Waals surface area (Å²) in [4.78, 5) is 11.0. The maximum absolute atomic E-state index is 12.0. The van der Waals surface area contributed by atoms with Crippen molar-refractivity contribution >= 4 is 21.7 Å². The molecule has 0 saturated heterocycles. The van der Waals surface area contributed by atoms with Gasteiger partial charge in [0.05, 0.1) is 12.8 Å². The molecule has 1 rings (SSSR count). The number of carbonyl (C=O) groups is 1. The smallest absolute Gasteiger partial charge is 0.320 e. The Bertz CT molecular complexity index is 567. The van der Waals surface area contributed by atoms with E-state index in [0.29, 0.717) is 5.56 Å². The highest BCUT2D eigenvalue weighted by molar-refractivity contribution is 7.89. The van der Waals surface area contributed by atoms with Crippen molar-refractivity contribution in [1.29, 1.82) is 0 Å². The van der Waals surface area contributed by atoms with Crippen molar-refractivity contribution in [1.82, 2.24) is 4.72 Å². The summed E-state index contributed by atoms with van der Waals surface area (Å²) in [7, 11) is -2.64. The number of methoxy groups -OCH3 is 1. The molecule has 0 aliphatic rings. The van der Waals surface area contributed by atoms with Crippen molar-refractivity contribution in [2.45, 2.75) is 18.7 Å². The third-order valence-corrected chi connectivity index (χ3v) is 4.21. The Morgan fingerprint density at radius 1 is 1.39 bits per heavy atom. The first-order valence-corrected chi connectivity index (χ1v) is 6.70. The molecule has 0 radical (unpaired) electrons. The minimum Gasteiger partial charge on any atom is -0.468 e. The van der Waals surface area contributed by atoms with Gasteiger partial charge in [-0.25, -0.2) is 8.42 Å². The molecule has 0 fully saturated rings. The first-order valence-electron chi connectivity index (χ1n) is 5.21. The van der Waals surface area contributed by atoms with Gasteiger partial charge in [-0.05, 0) is 31.0 Å². The van der Waals surface area contributed by atoms with Crippen molar-refractivity contribution in [2.24, 2.45) is 0 Å². The first kappa shape index (κ1) is 14.5. The van der Waals surface area contributed by atoms with Crippen molar-refractivity contribution in [3.8, 4) is 0 Å². The highest BCUT2D eigenvalue weighted by atomic mass is 32.2. The molecular weight excluding hydrogens is 256 g/mol. The minimum atomic E-state index is -3.83. The fourth-order valence-electron chi connectivity index (χ4n) is 1.47. The predicted molar refractivity (Wildman–Crippen MR) is 67.5 cm³/mol. The van der Waals surface area contributed by atoms with Crippen LogP contribution in [0.4, 0.5) is 5.69 Å². The Kier molecular flexibility index (Phi) is 4.31. The number of esters is 1. The van der Waals surface area contributed by atoms with Crippen LogP contribution in [-0.2, 0) is 19.6 Å². The summed E-state index contributed by atoms with van der Waals surface area (Å²) in [5.74, 6) is -0.664. The molecule has 7 heteroatoms. The molecule has 0 aliphatic heterocycles. The van der Waals surface area contributed by atoms with Gasteiger partial charge >= 0.3 is 5.97 Å². The van der Waals surface area contributed by atoms with E-state index in [1.165, 1.54) is 13.2 Å². The lowest BCUT2D eigenvalue weighted by Crippen LogP contribution is -2.31. The number of rotatable bonds is 4. The van der Waals surface area contributed by atoms with E-state index < -0.39 is 22.5 Å². The summed E-state index contributed by atoms with van der Waals surface area (Å²) < 4.78 is 30.6. The summed E-state index contributed by atoms with van der Waals surface area (Å²) in [6.07, 6.45) is 0. The zero-order valence-corrected chi connectivity index (χ0v) is 11.3. The number of carbonyl (C=O) groups excluding carboxylic acids is 1. The van der Waals surface area contributed by atoms with Crippen molar-refractivity contribution in [2.75, 3.05) is 19.4 Å². The first-order chi connectivity index (χ1) is 8.29. The van der Waals surface area contributed by atoms with Crippen LogP contribution in [0, 0.1) is 13.8 Å². The van der Waals surface area contributed by atoms with Crippen LogP contribution in [-0.4, -0.2) is 28.0 Å². The minimum absolute atomic E-state index is 0.00593. The van der Waals surface area contributed by atoms with E-state index in [0.717, 1.165) is 5.56 Å². The molecule has 18 heavy (non-hydrogen) atoms. The van der Waals surface area contributed by atoms with Crippen LogP contribution in [0.3, 0.4) is 0 Å². The van der Waals surface area contributed by atoms with Gasteiger partial charge in [0.1, 0.15) is 11.4 Å². The molecule has 1 aromatic carbocycles. The number of hydrogen-bond donors (Lipinski definition) is 2. The van der Waals surface area contributed by atoms with Crippen molar-refractivity contribution in [3.05, 3.63) is 23.3 Å². The van der Waals surface area contributed by atoms with Crippen LogP contribution in [0.5, 0.6) is 0 Å². The second kappa shape index (κ2) is 5.36. The number of hydrogen-bond acceptors (Lipinski definition) is 5. The molecular formula is C11H16N2O4S. The fourth-order valence-corrected chi connectivity index (χ4v) is 2.86. The molecule has 0 saturated carbocycles. The number of anilines is 1. The number of nitrogens with one attached hydrogen (secondary N) is 1. The second-order valence-corrected chi connectivity index (χ2v) is 5.53. The third-order valence-electron chi connectivity index (χ3n) is 2.61. The van der Waals surface area contributed by atoms with Crippen LogP contribution in [0.2, 0.25) is 0 Å². The van der Waals surface area contributed by atoms with Gasteiger partial charge in [0.2, 0.25) is 10.0 Å². The lowest BCUT2D eigenvalue weighted by atomic mass is 10.1. The SMILES string of the molecule is COC(=O)CNS(=O)(=O)c1c(N)ccc(C)c1C. The monoisotopic (exact) mass is 272 g/mol. The Morgan fingerprint density at radius 3 is 2.56 bits per heavy atom. The molecule has 100 valence electrons. The molecule has 0 spiro atoms. The number of nitrogens with two attached hydrogens (primary N) is 1. The van der Waals surface area contributed by atoms with Crippen molar-refractivity contribution < 1.29 is 17.9 Å². The van der Waals surface area contributed by atoms with Gasteiger partial charge in [0, 0.05) is 0 Å². The van der Waals surface area contributed by atoms with Gasteiger partial charge < -0.3 is 10.5 Å². The van der Waals surface area contributed by atoms with E-state index in [2.05, 4.69) is 9.46 Å². The van der Waals surface area contributed by atoms with Crippen LogP contribution >= 0.6 is 0 Å². The molecule has 0 atom stereocenters. The average molecular weight is 272 g/mol. The summed E-state index contributed by atoms with van der Waals surface area (Å²) in [5, 5.41) is 0. The molecule has 0 bridgehead atoms. The summed E-state index contributed by atoms with van der Waals surface area (Å²) in [6, 6.07) is 3.26. The number of nitrogen functional groups attached to an aromatic ring is 1. The number of ether oxygens (including phenoxy) is 1. The van der Waals surface area contributed by atoms with Gasteiger partial charge in [-0.1, -0.05) is 6.07 Å². The lowest BCUT2D eigenvalue weighted by Gasteiger charge is -2.13. The number of benzene rings is 1. The molecule has 0 amide bonds. The highest BCUT2D eigenvalue weighted by Gasteiger charge is 2.21. The Morgan fingerprint density at radius 2 is 2.00 bits per heavy atom. The standard InChI is InChI=1S/C11H16N2O4S/c1-7-4-5-9(12)11(8(7)2)18(15,16)13-6-10(14)17-3/h4-5,13H,6,12H2,1-3H3. The van der Waals surface area contributed by atoms with E-state index >= 15 is 0 Å². The molecule has 6 nitrogen and oxygen atoms in total. The maximum Gasteiger partial charge on any atom is 0.320 e. The maximum atomic E-state index is 12.0. The van der Waals surface area contributed by atoms with E-state index in [1.54, 1.807) is 19.9 Å².